The molecule has 0 aliphatic heterocycles. The van der Waals surface area contributed by atoms with Crippen molar-refractivity contribution in [3.8, 4) is 5.88 Å². The van der Waals surface area contributed by atoms with Crippen molar-refractivity contribution >= 4 is 5.82 Å². The number of nitrogens with zero attached hydrogens (tertiary/aromatic N) is 3. The molecule has 0 radical (unpaired) electrons. The number of hydrogen-bond donors (Lipinski definition) is 1. The van der Waals surface area contributed by atoms with Crippen molar-refractivity contribution < 1.29 is 4.74 Å². The summed E-state index contributed by atoms with van der Waals surface area (Å²) in [5.41, 5.74) is 0. The summed E-state index contributed by atoms with van der Waals surface area (Å²) in [6.07, 6.45) is 5.61. The van der Waals surface area contributed by atoms with Gasteiger partial charge >= 0.3 is 0 Å². The third-order valence-corrected chi connectivity index (χ3v) is 2.72. The van der Waals surface area contributed by atoms with Crippen molar-refractivity contribution in [2.75, 3.05) is 33.1 Å². The van der Waals surface area contributed by atoms with E-state index in [1.54, 1.807) is 19.5 Å². The quantitative estimate of drug-likeness (QED) is 0.782. The van der Waals surface area contributed by atoms with Crippen molar-refractivity contribution in [3.05, 3.63) is 12.4 Å². The van der Waals surface area contributed by atoms with Crippen molar-refractivity contribution in [3.63, 3.8) is 0 Å². The topological polar surface area (TPSA) is 50.3 Å². The van der Waals surface area contributed by atoms with Crippen LogP contribution in [-0.4, -0.2) is 48.7 Å². The van der Waals surface area contributed by atoms with Crippen molar-refractivity contribution in [2.24, 2.45) is 0 Å². The smallest absolute Gasteiger partial charge is 0.257 e. The molecule has 1 aromatic heterocycles. The van der Waals surface area contributed by atoms with Gasteiger partial charge in [-0.2, -0.15) is 0 Å². The summed E-state index contributed by atoms with van der Waals surface area (Å²) in [4.78, 5) is 10.6. The van der Waals surface area contributed by atoms with Gasteiger partial charge in [-0.3, -0.25) is 0 Å². The molecule has 5 nitrogen and oxygen atoms in total. The van der Waals surface area contributed by atoms with Gasteiger partial charge in [0.1, 0.15) is 0 Å². The monoisotopic (exact) mass is 238 g/mol. The lowest BCUT2D eigenvalue weighted by Gasteiger charge is -2.24. The average molecular weight is 238 g/mol. The summed E-state index contributed by atoms with van der Waals surface area (Å²) in [6, 6.07) is 0.492. The van der Waals surface area contributed by atoms with E-state index < -0.39 is 0 Å². The first-order valence-electron chi connectivity index (χ1n) is 5.94. The normalized spacial score (nSPS) is 12.5. The first-order chi connectivity index (χ1) is 8.19. The fourth-order valence-corrected chi connectivity index (χ4v) is 1.69. The lowest BCUT2D eigenvalue weighted by Crippen LogP contribution is -2.34. The largest absolute Gasteiger partial charge is 0.478 e. The molecule has 96 valence electrons. The Hall–Kier alpha value is -1.36. The van der Waals surface area contributed by atoms with Crippen LogP contribution in [0.4, 0.5) is 5.82 Å². The van der Waals surface area contributed by atoms with E-state index in [9.17, 15) is 0 Å². The third-order valence-electron chi connectivity index (χ3n) is 2.72. The van der Waals surface area contributed by atoms with Crippen LogP contribution in [0.5, 0.6) is 5.88 Å². The predicted octanol–water partition coefficient (Wildman–Crippen LogP) is 1.63. The molecule has 0 spiro atoms. The number of hydrogen-bond acceptors (Lipinski definition) is 5. The molecule has 0 bridgehead atoms. The van der Waals surface area contributed by atoms with E-state index >= 15 is 0 Å². The average Bonchev–Trinajstić information content (AvgIpc) is 2.34. The van der Waals surface area contributed by atoms with Gasteiger partial charge in [-0.25, -0.2) is 9.97 Å². The van der Waals surface area contributed by atoms with Gasteiger partial charge in [-0.15, -0.1) is 0 Å². The van der Waals surface area contributed by atoms with Gasteiger partial charge in [0, 0.05) is 25.0 Å². The molecular formula is C12H22N4O. The summed E-state index contributed by atoms with van der Waals surface area (Å²) in [5, 5.41) is 3.29. The second kappa shape index (κ2) is 7.06. The van der Waals surface area contributed by atoms with Crippen LogP contribution in [0.3, 0.4) is 0 Å². The highest BCUT2D eigenvalue weighted by Crippen LogP contribution is 2.16. The standard InChI is InChI=1S/C12H22N4O/c1-5-6-10(16(2)3)9-15-11-12(17-4)14-8-7-13-11/h7-8,10H,5-6,9H2,1-4H3,(H,13,15)/t10-/m1/s1. The molecule has 0 saturated carbocycles. The number of methoxy groups -OCH3 is 1. The van der Waals surface area contributed by atoms with E-state index in [2.05, 4.69) is 41.2 Å². The summed E-state index contributed by atoms with van der Waals surface area (Å²) < 4.78 is 5.15. The minimum absolute atomic E-state index is 0.492. The molecule has 1 aromatic rings. The Morgan fingerprint density at radius 3 is 2.65 bits per heavy atom. The SMILES string of the molecule is CCC[C@H](CNc1nccnc1OC)N(C)C. The van der Waals surface area contributed by atoms with Crippen LogP contribution in [0.1, 0.15) is 19.8 Å². The molecule has 0 aliphatic carbocycles. The van der Waals surface area contributed by atoms with Gasteiger partial charge in [0.15, 0.2) is 5.82 Å². The number of ether oxygens (including phenoxy) is 1. The Morgan fingerprint density at radius 1 is 1.35 bits per heavy atom. The number of anilines is 1. The van der Waals surface area contributed by atoms with Gasteiger partial charge < -0.3 is 15.0 Å². The van der Waals surface area contributed by atoms with Crippen molar-refractivity contribution in [1.82, 2.24) is 14.9 Å². The van der Waals surface area contributed by atoms with Gasteiger partial charge in [0.25, 0.3) is 5.88 Å². The maximum Gasteiger partial charge on any atom is 0.257 e. The Balaban J connectivity index is 2.58. The molecule has 1 N–H and O–H groups in total. The molecule has 1 heterocycles. The number of rotatable bonds is 7. The molecular weight excluding hydrogens is 216 g/mol. The highest BCUT2D eigenvalue weighted by molar-refractivity contribution is 5.44. The van der Waals surface area contributed by atoms with E-state index in [0.29, 0.717) is 17.7 Å². The molecule has 1 rings (SSSR count). The number of aromatic nitrogens is 2. The molecule has 0 unspecified atom stereocenters. The van der Waals surface area contributed by atoms with E-state index in [1.807, 2.05) is 0 Å². The van der Waals surface area contributed by atoms with Crippen LogP contribution in [0.15, 0.2) is 12.4 Å². The van der Waals surface area contributed by atoms with Crippen molar-refractivity contribution in [1.29, 1.82) is 0 Å². The lowest BCUT2D eigenvalue weighted by molar-refractivity contribution is 0.288. The maximum absolute atomic E-state index is 5.15. The van der Waals surface area contributed by atoms with Crippen LogP contribution >= 0.6 is 0 Å². The van der Waals surface area contributed by atoms with Crippen LogP contribution in [0.2, 0.25) is 0 Å². The van der Waals surface area contributed by atoms with Crippen LogP contribution in [0, 0.1) is 0 Å². The van der Waals surface area contributed by atoms with E-state index in [4.69, 9.17) is 4.74 Å². The minimum Gasteiger partial charge on any atom is -0.478 e. The van der Waals surface area contributed by atoms with Gasteiger partial charge in [0.05, 0.1) is 7.11 Å². The molecule has 0 aliphatic rings. The van der Waals surface area contributed by atoms with Gasteiger partial charge in [-0.1, -0.05) is 13.3 Å². The molecule has 17 heavy (non-hydrogen) atoms. The highest BCUT2D eigenvalue weighted by atomic mass is 16.5. The fraction of sp³-hybridized carbons (Fsp3) is 0.667. The maximum atomic E-state index is 5.15. The molecule has 0 fully saturated rings. The molecule has 5 heteroatoms. The Kier molecular flexibility index (Phi) is 5.69. The first kappa shape index (κ1) is 13.7. The zero-order valence-electron chi connectivity index (χ0n) is 11.1. The highest BCUT2D eigenvalue weighted by Gasteiger charge is 2.12. The third kappa shape index (κ3) is 4.19. The molecule has 0 saturated heterocycles. The summed E-state index contributed by atoms with van der Waals surface area (Å²) in [5.74, 6) is 1.25. The Morgan fingerprint density at radius 2 is 2.06 bits per heavy atom. The Labute approximate surface area is 103 Å². The predicted molar refractivity (Wildman–Crippen MR) is 69.5 cm³/mol. The summed E-state index contributed by atoms with van der Waals surface area (Å²) in [6.45, 7) is 3.04. The first-order valence-corrected chi connectivity index (χ1v) is 5.94. The minimum atomic E-state index is 0.492. The fourth-order valence-electron chi connectivity index (χ4n) is 1.69. The molecule has 0 aromatic carbocycles. The summed E-state index contributed by atoms with van der Waals surface area (Å²) >= 11 is 0. The van der Waals surface area contributed by atoms with Crippen LogP contribution in [-0.2, 0) is 0 Å². The van der Waals surface area contributed by atoms with Crippen molar-refractivity contribution in [2.45, 2.75) is 25.8 Å². The van der Waals surface area contributed by atoms with E-state index in [0.717, 1.165) is 13.0 Å². The number of nitrogens with one attached hydrogen (secondary N) is 1. The van der Waals surface area contributed by atoms with E-state index in [-0.39, 0.29) is 0 Å². The van der Waals surface area contributed by atoms with E-state index in [1.165, 1.54) is 6.42 Å². The van der Waals surface area contributed by atoms with Gasteiger partial charge in [-0.05, 0) is 20.5 Å². The second-order valence-electron chi connectivity index (χ2n) is 4.20. The zero-order chi connectivity index (χ0) is 12.7. The number of likely N-dealkylation sites (N-methyl/N-ethyl adjacent to an activating group) is 1. The lowest BCUT2D eigenvalue weighted by atomic mass is 10.1. The van der Waals surface area contributed by atoms with Gasteiger partial charge in [0.2, 0.25) is 0 Å². The molecule has 0 amide bonds. The van der Waals surface area contributed by atoms with Crippen LogP contribution in [0.25, 0.3) is 0 Å². The molecule has 1 atom stereocenters. The Bertz CT molecular complexity index is 330. The zero-order valence-corrected chi connectivity index (χ0v) is 11.1. The summed E-state index contributed by atoms with van der Waals surface area (Å²) in [7, 11) is 5.79. The van der Waals surface area contributed by atoms with Crippen LogP contribution < -0.4 is 10.1 Å². The second-order valence-corrected chi connectivity index (χ2v) is 4.20.